The maximum atomic E-state index is 11.0. The van der Waals surface area contributed by atoms with E-state index >= 15 is 0 Å². The van der Waals surface area contributed by atoms with E-state index in [1.807, 2.05) is 0 Å². The van der Waals surface area contributed by atoms with E-state index in [0.717, 1.165) is 0 Å². The SMILES string of the molecule is COC(=O)c1ccc(/C=C/C(C)=O)[nH]1. The van der Waals surface area contributed by atoms with Crippen molar-refractivity contribution in [3.05, 3.63) is 29.6 Å². The predicted molar refractivity (Wildman–Crippen MR) is 51.8 cm³/mol. The van der Waals surface area contributed by atoms with Gasteiger partial charge < -0.3 is 9.72 Å². The van der Waals surface area contributed by atoms with Gasteiger partial charge in [-0.05, 0) is 31.2 Å². The van der Waals surface area contributed by atoms with Crippen molar-refractivity contribution in [2.75, 3.05) is 7.11 Å². The van der Waals surface area contributed by atoms with Crippen LogP contribution in [-0.4, -0.2) is 23.8 Å². The van der Waals surface area contributed by atoms with E-state index in [4.69, 9.17) is 0 Å². The standard InChI is InChI=1S/C10H11NO3/c1-7(12)3-4-8-5-6-9(11-8)10(13)14-2/h3-6,11H,1-2H3/b4-3+. The average Bonchev–Trinajstić information content (AvgIpc) is 2.62. The molecule has 0 aliphatic heterocycles. The number of nitrogens with one attached hydrogen (secondary N) is 1. The predicted octanol–water partition coefficient (Wildman–Crippen LogP) is 1.40. The summed E-state index contributed by atoms with van der Waals surface area (Å²) in [5, 5.41) is 0. The number of esters is 1. The molecule has 0 amide bonds. The van der Waals surface area contributed by atoms with Crippen molar-refractivity contribution in [1.29, 1.82) is 0 Å². The second-order valence-electron chi connectivity index (χ2n) is 2.76. The summed E-state index contributed by atoms with van der Waals surface area (Å²) in [5.74, 6) is -0.466. The lowest BCUT2D eigenvalue weighted by atomic mass is 10.3. The van der Waals surface area contributed by atoms with Crippen LogP contribution >= 0.6 is 0 Å². The van der Waals surface area contributed by atoms with Crippen LogP contribution in [0.3, 0.4) is 0 Å². The molecule has 0 aliphatic carbocycles. The summed E-state index contributed by atoms with van der Waals surface area (Å²) >= 11 is 0. The Bertz CT molecular complexity index is 376. The zero-order chi connectivity index (χ0) is 10.6. The number of carbonyl (C=O) groups excluding carboxylic acids is 2. The summed E-state index contributed by atoms with van der Waals surface area (Å²) in [5.41, 5.74) is 1.07. The fraction of sp³-hybridized carbons (Fsp3) is 0.200. The number of allylic oxidation sites excluding steroid dienone is 1. The third-order valence-corrected chi connectivity index (χ3v) is 1.61. The van der Waals surface area contributed by atoms with Gasteiger partial charge in [0, 0.05) is 5.69 Å². The third-order valence-electron chi connectivity index (χ3n) is 1.61. The number of hydrogen-bond donors (Lipinski definition) is 1. The molecule has 0 fully saturated rings. The molecule has 0 spiro atoms. The molecular formula is C10H11NO3. The molecule has 4 heteroatoms. The second-order valence-corrected chi connectivity index (χ2v) is 2.76. The molecule has 14 heavy (non-hydrogen) atoms. The molecule has 0 aromatic carbocycles. The van der Waals surface area contributed by atoms with Crippen LogP contribution in [0.2, 0.25) is 0 Å². The van der Waals surface area contributed by atoms with Crippen molar-refractivity contribution in [3.8, 4) is 0 Å². The summed E-state index contributed by atoms with van der Waals surface area (Å²) < 4.78 is 4.51. The molecule has 1 aromatic heterocycles. The molecule has 1 aromatic rings. The molecule has 0 radical (unpaired) electrons. The fourth-order valence-corrected chi connectivity index (χ4v) is 0.945. The number of aromatic amines is 1. The van der Waals surface area contributed by atoms with Crippen molar-refractivity contribution in [2.45, 2.75) is 6.92 Å². The fourth-order valence-electron chi connectivity index (χ4n) is 0.945. The highest BCUT2D eigenvalue weighted by atomic mass is 16.5. The van der Waals surface area contributed by atoms with Gasteiger partial charge in [0.05, 0.1) is 7.11 Å². The van der Waals surface area contributed by atoms with Gasteiger partial charge in [-0.15, -0.1) is 0 Å². The minimum Gasteiger partial charge on any atom is -0.464 e. The number of ketones is 1. The largest absolute Gasteiger partial charge is 0.464 e. The van der Waals surface area contributed by atoms with Gasteiger partial charge in [0.15, 0.2) is 5.78 Å². The first-order chi connectivity index (χ1) is 6.63. The number of carbonyl (C=O) groups is 2. The van der Waals surface area contributed by atoms with Gasteiger partial charge in [-0.3, -0.25) is 4.79 Å². The summed E-state index contributed by atoms with van der Waals surface area (Å²) in [6.45, 7) is 1.46. The highest BCUT2D eigenvalue weighted by Gasteiger charge is 2.05. The Labute approximate surface area is 81.6 Å². The molecule has 0 bridgehead atoms. The molecule has 74 valence electrons. The van der Waals surface area contributed by atoms with Gasteiger partial charge >= 0.3 is 5.97 Å². The Morgan fingerprint density at radius 2 is 2.14 bits per heavy atom. The molecule has 1 heterocycles. The van der Waals surface area contributed by atoms with Gasteiger partial charge in [0.2, 0.25) is 0 Å². The van der Waals surface area contributed by atoms with Crippen LogP contribution in [0.15, 0.2) is 18.2 Å². The minimum absolute atomic E-state index is 0.0424. The molecule has 0 saturated carbocycles. The smallest absolute Gasteiger partial charge is 0.354 e. The van der Waals surface area contributed by atoms with Gasteiger partial charge in [-0.25, -0.2) is 4.79 Å². The molecule has 0 unspecified atom stereocenters. The summed E-state index contributed by atoms with van der Waals surface area (Å²) in [4.78, 5) is 24.4. The summed E-state index contributed by atoms with van der Waals surface area (Å²) in [7, 11) is 1.31. The Balaban J connectivity index is 2.78. The number of methoxy groups -OCH3 is 1. The van der Waals surface area contributed by atoms with Crippen LogP contribution in [0.5, 0.6) is 0 Å². The first-order valence-corrected chi connectivity index (χ1v) is 4.09. The van der Waals surface area contributed by atoms with Crippen LogP contribution in [0.4, 0.5) is 0 Å². The summed E-state index contributed by atoms with van der Waals surface area (Å²) in [6.07, 6.45) is 3.03. The Kier molecular flexibility index (Phi) is 3.23. The molecular weight excluding hydrogens is 182 g/mol. The maximum Gasteiger partial charge on any atom is 0.354 e. The van der Waals surface area contributed by atoms with Crippen LogP contribution in [0.1, 0.15) is 23.1 Å². The topological polar surface area (TPSA) is 59.2 Å². The van der Waals surface area contributed by atoms with E-state index < -0.39 is 5.97 Å². The molecule has 4 nitrogen and oxygen atoms in total. The number of H-pyrrole nitrogens is 1. The van der Waals surface area contributed by atoms with Crippen molar-refractivity contribution in [2.24, 2.45) is 0 Å². The van der Waals surface area contributed by atoms with Crippen LogP contribution in [-0.2, 0) is 9.53 Å². The first kappa shape index (κ1) is 10.2. The number of aromatic nitrogens is 1. The minimum atomic E-state index is -0.424. The van der Waals surface area contributed by atoms with E-state index in [1.54, 1.807) is 18.2 Å². The molecule has 0 saturated heterocycles. The normalized spacial score (nSPS) is 10.4. The number of ether oxygens (including phenoxy) is 1. The Morgan fingerprint density at radius 1 is 1.43 bits per heavy atom. The quantitative estimate of drug-likeness (QED) is 0.583. The van der Waals surface area contributed by atoms with Crippen LogP contribution in [0, 0.1) is 0 Å². The summed E-state index contributed by atoms with van der Waals surface area (Å²) in [6, 6.07) is 3.30. The molecule has 0 atom stereocenters. The zero-order valence-corrected chi connectivity index (χ0v) is 8.03. The van der Waals surface area contributed by atoms with Crippen molar-refractivity contribution >= 4 is 17.8 Å². The molecule has 1 rings (SSSR count). The van der Waals surface area contributed by atoms with Crippen molar-refractivity contribution in [1.82, 2.24) is 4.98 Å². The lowest BCUT2D eigenvalue weighted by molar-refractivity contribution is -0.112. The second kappa shape index (κ2) is 4.41. The molecule has 0 aliphatic rings. The lowest BCUT2D eigenvalue weighted by Crippen LogP contribution is -2.00. The first-order valence-electron chi connectivity index (χ1n) is 4.09. The van der Waals surface area contributed by atoms with E-state index in [-0.39, 0.29) is 5.78 Å². The third kappa shape index (κ3) is 2.58. The zero-order valence-electron chi connectivity index (χ0n) is 8.03. The van der Waals surface area contributed by atoms with Crippen molar-refractivity contribution in [3.63, 3.8) is 0 Å². The number of rotatable bonds is 3. The molecule has 1 N–H and O–H groups in total. The van der Waals surface area contributed by atoms with E-state index in [1.165, 1.54) is 20.1 Å². The van der Waals surface area contributed by atoms with Crippen LogP contribution < -0.4 is 0 Å². The van der Waals surface area contributed by atoms with E-state index in [9.17, 15) is 9.59 Å². The van der Waals surface area contributed by atoms with Gasteiger partial charge in [0.25, 0.3) is 0 Å². The highest BCUT2D eigenvalue weighted by molar-refractivity contribution is 5.92. The highest BCUT2D eigenvalue weighted by Crippen LogP contribution is 2.04. The van der Waals surface area contributed by atoms with Gasteiger partial charge in [0.1, 0.15) is 5.69 Å². The van der Waals surface area contributed by atoms with E-state index in [2.05, 4.69) is 9.72 Å². The van der Waals surface area contributed by atoms with E-state index in [0.29, 0.717) is 11.4 Å². The maximum absolute atomic E-state index is 11.0. The van der Waals surface area contributed by atoms with Gasteiger partial charge in [-0.2, -0.15) is 0 Å². The Morgan fingerprint density at radius 3 is 2.71 bits per heavy atom. The van der Waals surface area contributed by atoms with Crippen molar-refractivity contribution < 1.29 is 14.3 Å². The van der Waals surface area contributed by atoms with Gasteiger partial charge in [-0.1, -0.05) is 0 Å². The van der Waals surface area contributed by atoms with Crippen LogP contribution in [0.25, 0.3) is 6.08 Å². The number of hydrogen-bond acceptors (Lipinski definition) is 3. The monoisotopic (exact) mass is 193 g/mol. The average molecular weight is 193 g/mol. The lowest BCUT2D eigenvalue weighted by Gasteiger charge is -1.92. The Hall–Kier alpha value is -1.84.